The lowest BCUT2D eigenvalue weighted by molar-refractivity contribution is 0.0918. The Balaban J connectivity index is 2.12. The smallest absolute Gasteiger partial charge is 0.203 e. The number of benzene rings is 2. The molecule has 0 aliphatic carbocycles. The van der Waals surface area contributed by atoms with E-state index < -0.39 is 0 Å². The summed E-state index contributed by atoms with van der Waals surface area (Å²) in [5.41, 5.74) is 0.463. The van der Waals surface area contributed by atoms with E-state index in [2.05, 4.69) is 15.9 Å². The van der Waals surface area contributed by atoms with Gasteiger partial charge < -0.3 is 14.2 Å². The first-order valence-corrected chi connectivity index (χ1v) is 7.07. The average molecular weight is 351 g/mol. The number of ketones is 1. The minimum absolute atomic E-state index is 0.0642. The fraction of sp³-hybridized carbons (Fsp3) is 0.188. The summed E-state index contributed by atoms with van der Waals surface area (Å²) in [6.07, 6.45) is 0. The second-order valence-electron chi connectivity index (χ2n) is 4.21. The van der Waals surface area contributed by atoms with Crippen molar-refractivity contribution in [2.75, 3.05) is 20.8 Å². The minimum atomic E-state index is -0.162. The van der Waals surface area contributed by atoms with Gasteiger partial charge in [0.15, 0.2) is 6.61 Å². The molecule has 0 atom stereocenters. The van der Waals surface area contributed by atoms with Gasteiger partial charge in [0, 0.05) is 6.07 Å². The maximum Gasteiger partial charge on any atom is 0.203 e. The molecule has 4 nitrogen and oxygen atoms in total. The quantitative estimate of drug-likeness (QED) is 0.744. The molecule has 0 aromatic heterocycles. The first-order chi connectivity index (χ1) is 10.2. The molecule has 0 bridgehead atoms. The van der Waals surface area contributed by atoms with Crippen molar-refractivity contribution in [2.45, 2.75) is 0 Å². The molecule has 0 N–H and O–H groups in total. The number of carbonyl (C=O) groups is 1. The second kappa shape index (κ2) is 7.13. The first kappa shape index (κ1) is 15.4. The zero-order valence-corrected chi connectivity index (χ0v) is 13.3. The van der Waals surface area contributed by atoms with Crippen molar-refractivity contribution in [2.24, 2.45) is 0 Å². The van der Waals surface area contributed by atoms with E-state index in [4.69, 9.17) is 14.2 Å². The molecule has 5 heteroatoms. The molecule has 0 fully saturated rings. The summed E-state index contributed by atoms with van der Waals surface area (Å²) < 4.78 is 16.7. The van der Waals surface area contributed by atoms with Gasteiger partial charge in [0.1, 0.15) is 17.2 Å². The molecule has 0 radical (unpaired) electrons. The lowest BCUT2D eigenvalue weighted by Gasteiger charge is -2.11. The molecule has 0 aliphatic heterocycles. The van der Waals surface area contributed by atoms with Crippen molar-refractivity contribution in [1.82, 2.24) is 0 Å². The van der Waals surface area contributed by atoms with Crippen LogP contribution >= 0.6 is 15.9 Å². The largest absolute Gasteiger partial charge is 0.497 e. The highest BCUT2D eigenvalue weighted by Crippen LogP contribution is 2.27. The number of carbonyl (C=O) groups excluding carboxylic acids is 1. The predicted molar refractivity (Wildman–Crippen MR) is 83.5 cm³/mol. The van der Waals surface area contributed by atoms with Crippen molar-refractivity contribution < 1.29 is 19.0 Å². The van der Waals surface area contributed by atoms with E-state index in [0.29, 0.717) is 22.8 Å². The van der Waals surface area contributed by atoms with Crippen LogP contribution in [0.5, 0.6) is 17.2 Å². The fourth-order valence-electron chi connectivity index (χ4n) is 1.81. The van der Waals surface area contributed by atoms with Gasteiger partial charge in [-0.3, -0.25) is 4.79 Å². The molecule has 2 rings (SSSR count). The van der Waals surface area contributed by atoms with Crippen molar-refractivity contribution in [3.8, 4) is 17.2 Å². The maximum absolute atomic E-state index is 12.2. The second-order valence-corrected chi connectivity index (χ2v) is 5.06. The third kappa shape index (κ3) is 3.76. The van der Waals surface area contributed by atoms with E-state index in [1.54, 1.807) is 31.4 Å². The van der Waals surface area contributed by atoms with Crippen LogP contribution in [0.15, 0.2) is 46.9 Å². The van der Waals surface area contributed by atoms with Crippen LogP contribution in [0.1, 0.15) is 10.4 Å². The Morgan fingerprint density at radius 3 is 2.48 bits per heavy atom. The number of hydrogen-bond donors (Lipinski definition) is 0. The normalized spacial score (nSPS) is 10.0. The van der Waals surface area contributed by atoms with E-state index in [1.165, 1.54) is 7.11 Å². The number of methoxy groups -OCH3 is 2. The lowest BCUT2D eigenvalue weighted by atomic mass is 10.1. The molecule has 0 spiro atoms. The standard InChI is InChI=1S/C16H15BrO4/c1-19-11-7-8-12(16(9-11)20-2)14(18)10-21-15-6-4-3-5-13(15)17/h3-9H,10H2,1-2H3. The van der Waals surface area contributed by atoms with Gasteiger partial charge in [-0.1, -0.05) is 12.1 Å². The van der Waals surface area contributed by atoms with Gasteiger partial charge >= 0.3 is 0 Å². The van der Waals surface area contributed by atoms with Gasteiger partial charge in [0.05, 0.1) is 24.3 Å². The van der Waals surface area contributed by atoms with Crippen LogP contribution in [-0.4, -0.2) is 26.6 Å². The summed E-state index contributed by atoms with van der Waals surface area (Å²) in [5, 5.41) is 0. The average Bonchev–Trinajstić information content (AvgIpc) is 2.53. The Morgan fingerprint density at radius 2 is 1.81 bits per heavy atom. The maximum atomic E-state index is 12.2. The van der Waals surface area contributed by atoms with Gasteiger partial charge in [-0.2, -0.15) is 0 Å². The Bertz CT molecular complexity index is 640. The molecule has 0 saturated carbocycles. The highest BCUT2D eigenvalue weighted by molar-refractivity contribution is 9.10. The van der Waals surface area contributed by atoms with Gasteiger partial charge in [0.2, 0.25) is 5.78 Å². The summed E-state index contributed by atoms with van der Waals surface area (Å²) >= 11 is 3.37. The van der Waals surface area contributed by atoms with E-state index in [-0.39, 0.29) is 12.4 Å². The fourth-order valence-corrected chi connectivity index (χ4v) is 2.21. The summed E-state index contributed by atoms with van der Waals surface area (Å²) in [6.45, 7) is -0.0642. The zero-order valence-electron chi connectivity index (χ0n) is 11.8. The van der Waals surface area contributed by atoms with Crippen LogP contribution < -0.4 is 14.2 Å². The van der Waals surface area contributed by atoms with Crippen LogP contribution in [-0.2, 0) is 0 Å². The first-order valence-electron chi connectivity index (χ1n) is 6.28. The van der Waals surface area contributed by atoms with E-state index in [1.807, 2.05) is 18.2 Å². The highest BCUT2D eigenvalue weighted by Gasteiger charge is 2.14. The summed E-state index contributed by atoms with van der Waals surface area (Å²) in [5.74, 6) is 1.56. The third-order valence-electron chi connectivity index (χ3n) is 2.90. The molecule has 110 valence electrons. The Kier molecular flexibility index (Phi) is 5.22. The number of para-hydroxylation sites is 1. The van der Waals surface area contributed by atoms with Gasteiger partial charge in [0.25, 0.3) is 0 Å². The topological polar surface area (TPSA) is 44.8 Å². The molecule has 0 unspecified atom stereocenters. The minimum Gasteiger partial charge on any atom is -0.497 e. The molecule has 21 heavy (non-hydrogen) atoms. The van der Waals surface area contributed by atoms with Gasteiger partial charge in [-0.15, -0.1) is 0 Å². The Labute approximate surface area is 131 Å². The molecule has 0 saturated heterocycles. The predicted octanol–water partition coefficient (Wildman–Crippen LogP) is 3.73. The highest BCUT2D eigenvalue weighted by atomic mass is 79.9. The van der Waals surface area contributed by atoms with Crippen LogP contribution in [0.3, 0.4) is 0 Å². The Hall–Kier alpha value is -2.01. The molecule has 0 amide bonds. The lowest BCUT2D eigenvalue weighted by Crippen LogP contribution is -2.13. The third-order valence-corrected chi connectivity index (χ3v) is 3.56. The van der Waals surface area contributed by atoms with E-state index >= 15 is 0 Å². The van der Waals surface area contributed by atoms with Crippen LogP contribution in [0.4, 0.5) is 0 Å². The molecule has 2 aromatic rings. The molecule has 0 aliphatic rings. The summed E-state index contributed by atoms with van der Waals surface area (Å²) in [4.78, 5) is 12.2. The van der Waals surface area contributed by atoms with Crippen molar-refractivity contribution in [3.05, 3.63) is 52.5 Å². The van der Waals surface area contributed by atoms with Crippen LogP contribution in [0, 0.1) is 0 Å². The number of hydrogen-bond acceptors (Lipinski definition) is 4. The number of Topliss-reactive ketones (excluding diaryl/α,β-unsaturated/α-hetero) is 1. The van der Waals surface area contributed by atoms with E-state index in [0.717, 1.165) is 4.47 Å². The molecule has 2 aromatic carbocycles. The molecule has 0 heterocycles. The van der Waals surface area contributed by atoms with Crippen LogP contribution in [0.2, 0.25) is 0 Å². The number of ether oxygens (including phenoxy) is 3. The van der Waals surface area contributed by atoms with Crippen LogP contribution in [0.25, 0.3) is 0 Å². The van der Waals surface area contributed by atoms with Crippen molar-refractivity contribution >= 4 is 21.7 Å². The monoisotopic (exact) mass is 350 g/mol. The molecular weight excluding hydrogens is 336 g/mol. The number of rotatable bonds is 6. The van der Waals surface area contributed by atoms with E-state index in [9.17, 15) is 4.79 Å². The SMILES string of the molecule is COc1ccc(C(=O)COc2ccccc2Br)c(OC)c1. The zero-order chi connectivity index (χ0) is 15.2. The summed E-state index contributed by atoms with van der Waals surface area (Å²) in [6, 6.07) is 12.4. The van der Waals surface area contributed by atoms with Gasteiger partial charge in [-0.25, -0.2) is 0 Å². The van der Waals surface area contributed by atoms with Crippen molar-refractivity contribution in [1.29, 1.82) is 0 Å². The number of halogens is 1. The van der Waals surface area contributed by atoms with Gasteiger partial charge in [-0.05, 0) is 40.2 Å². The molecular formula is C16H15BrO4. The van der Waals surface area contributed by atoms with Crippen molar-refractivity contribution in [3.63, 3.8) is 0 Å². The Morgan fingerprint density at radius 1 is 1.05 bits per heavy atom. The summed E-state index contributed by atoms with van der Waals surface area (Å²) in [7, 11) is 3.08.